The summed E-state index contributed by atoms with van der Waals surface area (Å²) in [5, 5.41) is 0. The fraction of sp³-hybridized carbons (Fsp3) is 0.778. The molecule has 0 bridgehead atoms. The van der Waals surface area contributed by atoms with E-state index in [9.17, 15) is 44.7 Å². The van der Waals surface area contributed by atoms with Crippen molar-refractivity contribution in [1.29, 1.82) is 0 Å². The number of carbonyl (C=O) groups is 2. The lowest BCUT2D eigenvalue weighted by molar-refractivity contribution is -0.379. The third-order valence-corrected chi connectivity index (χ3v) is 4.81. The van der Waals surface area contributed by atoms with Gasteiger partial charge < -0.3 is 9.47 Å². The van der Waals surface area contributed by atoms with Crippen molar-refractivity contribution in [2.45, 2.75) is 82.4 Å². The van der Waals surface area contributed by atoms with E-state index in [1.165, 1.54) is 0 Å². The molecule has 12 heteroatoms. The van der Waals surface area contributed by atoms with Crippen molar-refractivity contribution < 1.29 is 54.2 Å². The summed E-state index contributed by atoms with van der Waals surface area (Å²) in [6.45, 7) is 4.17. The Morgan fingerprint density at radius 2 is 1.43 bits per heavy atom. The molecule has 0 spiro atoms. The van der Waals surface area contributed by atoms with Crippen LogP contribution in [0.4, 0.5) is 35.1 Å². The van der Waals surface area contributed by atoms with Gasteiger partial charge in [-0.15, -0.1) is 0 Å². The second kappa shape index (κ2) is 9.09. The minimum atomic E-state index is -6.31. The highest BCUT2D eigenvalue weighted by Gasteiger charge is 2.75. The van der Waals surface area contributed by atoms with Crippen LogP contribution in [0.15, 0.2) is 12.2 Å². The van der Waals surface area contributed by atoms with Crippen molar-refractivity contribution in [3.8, 4) is 0 Å². The minimum absolute atomic E-state index is 0.151. The highest BCUT2D eigenvalue weighted by molar-refractivity contribution is 5.87. The van der Waals surface area contributed by atoms with Crippen LogP contribution < -0.4 is 0 Å². The molecule has 1 rings (SSSR count). The summed E-state index contributed by atoms with van der Waals surface area (Å²) < 4.78 is 116. The van der Waals surface area contributed by atoms with Gasteiger partial charge in [0.25, 0.3) is 0 Å². The summed E-state index contributed by atoms with van der Waals surface area (Å²) in [5.41, 5.74) is -5.56. The van der Waals surface area contributed by atoms with E-state index in [1.54, 1.807) is 0 Å². The van der Waals surface area contributed by atoms with Crippen molar-refractivity contribution in [2.24, 2.45) is 5.92 Å². The molecule has 0 N–H and O–H groups in total. The van der Waals surface area contributed by atoms with Gasteiger partial charge in [-0.05, 0) is 25.7 Å². The topological polar surface area (TPSA) is 52.6 Å². The lowest BCUT2D eigenvalue weighted by Crippen LogP contribution is -2.63. The standard InChI is InChI=1S/C18H22F8O4/c1-10(2)13(27)29-12(11-7-5-4-6-8-11)9-16(17(21,22)23,18(24,25)26)30-14(28)15(3,19)20/h11-12H,1,4-9H2,2-3H3. The van der Waals surface area contributed by atoms with Crippen LogP contribution in [0.25, 0.3) is 0 Å². The van der Waals surface area contributed by atoms with Crippen LogP contribution in [-0.4, -0.2) is 41.9 Å². The normalized spacial score (nSPS) is 17.9. The average molecular weight is 454 g/mol. The monoisotopic (exact) mass is 454 g/mol. The molecule has 0 heterocycles. The van der Waals surface area contributed by atoms with Gasteiger partial charge in [0, 0.05) is 18.9 Å². The van der Waals surface area contributed by atoms with Crippen LogP contribution in [0.1, 0.15) is 52.4 Å². The lowest BCUT2D eigenvalue weighted by Gasteiger charge is -2.41. The largest absolute Gasteiger partial charge is 0.459 e. The second-order valence-corrected chi connectivity index (χ2v) is 7.43. The predicted octanol–water partition coefficient (Wildman–Crippen LogP) is 5.51. The number of rotatable bonds is 7. The van der Waals surface area contributed by atoms with E-state index in [2.05, 4.69) is 11.3 Å². The maximum absolute atomic E-state index is 13.6. The van der Waals surface area contributed by atoms with Gasteiger partial charge in [-0.1, -0.05) is 25.8 Å². The third kappa shape index (κ3) is 6.07. The highest BCUT2D eigenvalue weighted by atomic mass is 19.4. The summed E-state index contributed by atoms with van der Waals surface area (Å²) in [5.74, 6) is -9.76. The Hall–Kier alpha value is -1.88. The summed E-state index contributed by atoms with van der Waals surface area (Å²) in [7, 11) is 0. The number of ether oxygens (including phenoxy) is 2. The van der Waals surface area contributed by atoms with Crippen molar-refractivity contribution in [2.75, 3.05) is 0 Å². The maximum atomic E-state index is 13.6. The molecule has 30 heavy (non-hydrogen) atoms. The van der Waals surface area contributed by atoms with Crippen LogP contribution in [-0.2, 0) is 19.1 Å². The summed E-state index contributed by atoms with van der Waals surface area (Å²) in [4.78, 5) is 23.2. The Balaban J connectivity index is 3.47. The minimum Gasteiger partial charge on any atom is -0.459 e. The molecule has 0 aliphatic heterocycles. The van der Waals surface area contributed by atoms with Gasteiger partial charge >= 0.3 is 35.8 Å². The molecule has 1 atom stereocenters. The van der Waals surface area contributed by atoms with Gasteiger partial charge in [0.05, 0.1) is 0 Å². The van der Waals surface area contributed by atoms with Crippen molar-refractivity contribution in [1.82, 2.24) is 0 Å². The van der Waals surface area contributed by atoms with E-state index >= 15 is 0 Å². The van der Waals surface area contributed by atoms with E-state index in [-0.39, 0.29) is 25.3 Å². The van der Waals surface area contributed by atoms with Gasteiger partial charge in [0.1, 0.15) is 6.10 Å². The summed E-state index contributed by atoms with van der Waals surface area (Å²) >= 11 is 0. The predicted molar refractivity (Wildman–Crippen MR) is 87.4 cm³/mol. The lowest BCUT2D eigenvalue weighted by atomic mass is 9.80. The van der Waals surface area contributed by atoms with E-state index in [0.717, 1.165) is 6.92 Å². The van der Waals surface area contributed by atoms with E-state index < -0.39 is 54.3 Å². The molecule has 4 nitrogen and oxygen atoms in total. The molecule has 0 amide bonds. The van der Waals surface area contributed by atoms with E-state index in [1.807, 2.05) is 0 Å². The van der Waals surface area contributed by atoms with Gasteiger partial charge in [-0.3, -0.25) is 0 Å². The van der Waals surface area contributed by atoms with E-state index in [4.69, 9.17) is 4.74 Å². The fourth-order valence-electron chi connectivity index (χ4n) is 3.13. The number of carbonyl (C=O) groups excluding carboxylic acids is 2. The molecule has 174 valence electrons. The molecule has 1 unspecified atom stereocenters. The first kappa shape index (κ1) is 26.2. The molecule has 0 aromatic heterocycles. The number of hydrogen-bond donors (Lipinski definition) is 0. The molecule has 1 aliphatic carbocycles. The maximum Gasteiger partial charge on any atom is 0.437 e. The molecular weight excluding hydrogens is 432 g/mol. The third-order valence-electron chi connectivity index (χ3n) is 4.81. The molecule has 1 fully saturated rings. The molecule has 1 saturated carbocycles. The number of alkyl halides is 8. The molecular formula is C18H22F8O4. The van der Waals surface area contributed by atoms with Crippen LogP contribution in [0.3, 0.4) is 0 Å². The SMILES string of the molecule is C=C(C)C(=O)OC(CC(OC(=O)C(C)(F)F)(C(F)(F)F)C(F)(F)F)C1CCCCC1. The van der Waals surface area contributed by atoms with Crippen LogP contribution in [0, 0.1) is 5.92 Å². The molecule has 0 radical (unpaired) electrons. The van der Waals surface area contributed by atoms with Gasteiger partial charge in [-0.25, -0.2) is 9.59 Å². The Labute approximate surface area is 167 Å². The molecule has 0 saturated heterocycles. The second-order valence-electron chi connectivity index (χ2n) is 7.43. The number of esters is 2. The number of hydrogen-bond acceptors (Lipinski definition) is 4. The quantitative estimate of drug-likeness (QED) is 0.289. The van der Waals surface area contributed by atoms with Crippen LogP contribution in [0.5, 0.6) is 0 Å². The molecule has 0 aromatic carbocycles. The summed E-state index contributed by atoms with van der Waals surface area (Å²) in [6.07, 6.45) is -14.8. The van der Waals surface area contributed by atoms with Gasteiger partial charge in [0.2, 0.25) is 0 Å². The van der Waals surface area contributed by atoms with Crippen molar-refractivity contribution >= 4 is 11.9 Å². The average Bonchev–Trinajstić information content (AvgIpc) is 2.57. The number of halogens is 8. The van der Waals surface area contributed by atoms with E-state index in [0.29, 0.717) is 19.3 Å². The smallest absolute Gasteiger partial charge is 0.437 e. The highest BCUT2D eigenvalue weighted by Crippen LogP contribution is 2.51. The van der Waals surface area contributed by atoms with Crippen LogP contribution >= 0.6 is 0 Å². The zero-order valence-corrected chi connectivity index (χ0v) is 16.3. The Morgan fingerprint density at radius 3 is 1.80 bits per heavy atom. The van der Waals surface area contributed by atoms with Crippen LogP contribution in [0.2, 0.25) is 0 Å². The fourth-order valence-corrected chi connectivity index (χ4v) is 3.13. The Morgan fingerprint density at radius 1 is 0.967 bits per heavy atom. The van der Waals surface area contributed by atoms with Gasteiger partial charge in [-0.2, -0.15) is 35.1 Å². The Kier molecular flexibility index (Phi) is 7.92. The van der Waals surface area contributed by atoms with Crippen molar-refractivity contribution in [3.05, 3.63) is 12.2 Å². The Bertz CT molecular complexity index is 628. The first-order chi connectivity index (χ1) is 13.4. The molecule has 0 aromatic rings. The zero-order chi connectivity index (χ0) is 23.5. The first-order valence-electron chi connectivity index (χ1n) is 9.03. The van der Waals surface area contributed by atoms with Gasteiger partial charge in [0.15, 0.2) is 0 Å². The zero-order valence-electron chi connectivity index (χ0n) is 16.3. The summed E-state index contributed by atoms with van der Waals surface area (Å²) in [6, 6.07) is 0. The van der Waals surface area contributed by atoms with Crippen molar-refractivity contribution in [3.63, 3.8) is 0 Å². The molecule has 1 aliphatic rings. The first-order valence-corrected chi connectivity index (χ1v) is 9.03.